The van der Waals surface area contributed by atoms with Gasteiger partial charge in [-0.3, -0.25) is 22.7 Å². The fourth-order valence-corrected chi connectivity index (χ4v) is 9.74. The fraction of sp³-hybridized carbons (Fsp3) is 0.478. The van der Waals surface area contributed by atoms with E-state index in [1.807, 2.05) is 0 Å². The van der Waals surface area contributed by atoms with Gasteiger partial charge in [0.15, 0.2) is 17.1 Å². The van der Waals surface area contributed by atoms with Gasteiger partial charge in [0.05, 0.1) is 18.6 Å². The van der Waals surface area contributed by atoms with E-state index in [-0.39, 0.29) is 53.8 Å². The largest absolute Gasteiger partial charge is 0.381 e. The number of ether oxygens (including phenoxy) is 4. The first-order valence-corrected chi connectivity index (χ1v) is 31.0. The molecule has 0 spiro atoms. The van der Waals surface area contributed by atoms with E-state index in [4.69, 9.17) is 35.5 Å². The lowest BCUT2D eigenvalue weighted by Gasteiger charge is -2.22. The van der Waals surface area contributed by atoms with Gasteiger partial charge in [0.25, 0.3) is 0 Å². The van der Waals surface area contributed by atoms with Crippen molar-refractivity contribution < 1.29 is 27.7 Å². The van der Waals surface area contributed by atoms with Crippen molar-refractivity contribution in [3.8, 4) is 11.5 Å². The minimum absolute atomic E-state index is 0.0191. The smallest absolute Gasteiger partial charge is 0.332 e. The van der Waals surface area contributed by atoms with Crippen LogP contribution in [0.4, 0.5) is 8.78 Å². The molecule has 2 saturated heterocycles. The third-order valence-corrected chi connectivity index (χ3v) is 15.6. The maximum absolute atomic E-state index is 13.9. The highest BCUT2D eigenvalue weighted by molar-refractivity contribution is 6.76. The van der Waals surface area contributed by atoms with Crippen LogP contribution in [0.2, 0.25) is 56.7 Å². The van der Waals surface area contributed by atoms with Crippen LogP contribution < -0.4 is 11.4 Å². The molecule has 2 aliphatic rings. The number of fused-ring (bicyclic) bond motifs is 4. The normalized spacial score (nSPS) is 15.2. The molecule has 0 unspecified atom stereocenters. The second-order valence-corrected chi connectivity index (χ2v) is 31.1. The molecule has 0 radical (unpaired) electrons. The standard InChI is InChI=1S/C23H29FN6O3Si.C16H25ClN4O3Si.C7H5FN2/c1-34(2,3)11-10-33-15-29-19-13-26-21(18-12-25-20-5-4-16(24)14-28(18)20)27-22(19)30(23(29)31)17-6-8-32-9-7-17;1-25(2,3)9-8-24-11-20-13-10-18-15(17)19-14(13)21(16(20)22)12-4-6-23-7-5-12;8-6-1-2-7-9-3-4-10(7)5-6/h4-5,12-14,17H,6-11,15H2,1-3H3;10,12H,4-9,11H2,1-3H3;1-5H. The van der Waals surface area contributed by atoms with Crippen molar-refractivity contribution in [3.63, 3.8) is 0 Å². The van der Waals surface area contributed by atoms with Gasteiger partial charge in [-0.25, -0.2) is 43.3 Å². The minimum Gasteiger partial charge on any atom is -0.381 e. The molecule has 0 saturated carbocycles. The maximum Gasteiger partial charge on any atom is 0.332 e. The van der Waals surface area contributed by atoms with Crippen LogP contribution in [0.1, 0.15) is 37.8 Å². The molecule has 368 valence electrons. The zero-order valence-corrected chi connectivity index (χ0v) is 42.6. The first kappa shape index (κ1) is 49.9. The summed E-state index contributed by atoms with van der Waals surface area (Å²) in [6.45, 7) is 17.9. The van der Waals surface area contributed by atoms with E-state index in [2.05, 4.69) is 64.2 Å². The van der Waals surface area contributed by atoms with E-state index in [1.165, 1.54) is 24.5 Å². The monoisotopic (exact) mass is 1000 g/mol. The molecule has 2 aliphatic heterocycles. The Balaban J connectivity index is 0.000000159. The molecule has 0 bridgehead atoms. The molecule has 10 heterocycles. The number of aromatic nitrogens is 12. The van der Waals surface area contributed by atoms with Gasteiger partial charge in [-0.1, -0.05) is 39.3 Å². The Morgan fingerprint density at radius 2 is 1.19 bits per heavy atom. The number of halogens is 3. The van der Waals surface area contributed by atoms with Crippen molar-refractivity contribution in [2.45, 2.75) is 103 Å². The molecule has 23 heteroatoms. The number of hydrogen-bond donors (Lipinski definition) is 0. The average molecular weight is 1010 g/mol. The van der Waals surface area contributed by atoms with Crippen LogP contribution in [0.15, 0.2) is 77.2 Å². The van der Waals surface area contributed by atoms with Gasteiger partial charge >= 0.3 is 11.4 Å². The summed E-state index contributed by atoms with van der Waals surface area (Å²) in [5.74, 6) is -0.248. The lowest BCUT2D eigenvalue weighted by atomic mass is 10.1. The van der Waals surface area contributed by atoms with Crippen molar-refractivity contribution in [1.82, 2.24) is 57.0 Å². The maximum atomic E-state index is 13.9. The molecule has 10 rings (SSSR count). The molecular weight excluding hydrogens is 946 g/mol. The van der Waals surface area contributed by atoms with Crippen molar-refractivity contribution in [2.75, 3.05) is 39.6 Å². The Hall–Kier alpha value is -5.50. The Kier molecular flexibility index (Phi) is 15.7. The number of rotatable bonds is 13. The Labute approximate surface area is 403 Å². The topological polar surface area (TPSA) is 177 Å². The summed E-state index contributed by atoms with van der Waals surface area (Å²) >= 11 is 5.97. The van der Waals surface area contributed by atoms with E-state index in [0.29, 0.717) is 79.1 Å². The van der Waals surface area contributed by atoms with Crippen LogP contribution in [-0.4, -0.2) is 113 Å². The molecule has 8 aromatic rings. The van der Waals surface area contributed by atoms with Crippen molar-refractivity contribution in [1.29, 1.82) is 0 Å². The zero-order valence-electron chi connectivity index (χ0n) is 39.9. The van der Waals surface area contributed by atoms with E-state index in [9.17, 15) is 18.4 Å². The summed E-state index contributed by atoms with van der Waals surface area (Å²) in [7, 11) is -2.41. The highest BCUT2D eigenvalue weighted by atomic mass is 35.5. The van der Waals surface area contributed by atoms with Crippen LogP contribution in [-0.2, 0) is 32.4 Å². The number of imidazole rings is 4. The lowest BCUT2D eigenvalue weighted by Crippen LogP contribution is -2.31. The number of nitrogens with zero attached hydrogens (tertiary/aromatic N) is 12. The van der Waals surface area contributed by atoms with E-state index < -0.39 is 16.1 Å². The zero-order chi connectivity index (χ0) is 48.9. The molecule has 8 aromatic heterocycles. The third-order valence-electron chi connectivity index (χ3n) is 12.0. The minimum atomic E-state index is -1.24. The molecular formula is C46H59ClF2N12O6Si2. The number of hydrogen-bond acceptors (Lipinski definition) is 12. The van der Waals surface area contributed by atoms with Gasteiger partial charge in [-0.2, -0.15) is 4.98 Å². The van der Waals surface area contributed by atoms with Crippen LogP contribution >= 0.6 is 11.6 Å². The first-order valence-electron chi connectivity index (χ1n) is 23.2. The van der Waals surface area contributed by atoms with Gasteiger partial charge in [0, 0.05) is 92.7 Å². The average Bonchev–Trinajstić information content (AvgIpc) is 4.08. The SMILES string of the molecule is C[Si](C)(C)CCOCn1c(=O)n(C2CCOCC2)c2nc(-c3cnc4ccc(F)cn34)ncc21.C[Si](C)(C)CCOCn1c(=O)n(C2CCOCC2)c2nc(Cl)ncc21.Fc1ccc2nccn2c1. The quantitative estimate of drug-likeness (QED) is 0.0617. The second-order valence-electron chi connectivity index (χ2n) is 19.6. The predicted octanol–water partition coefficient (Wildman–Crippen LogP) is 8.09. The summed E-state index contributed by atoms with van der Waals surface area (Å²) in [4.78, 5) is 52.4. The Morgan fingerprint density at radius 3 is 1.75 bits per heavy atom. The highest BCUT2D eigenvalue weighted by Gasteiger charge is 2.27. The van der Waals surface area contributed by atoms with E-state index in [0.717, 1.165) is 43.4 Å². The van der Waals surface area contributed by atoms with Gasteiger partial charge in [0.1, 0.15) is 53.1 Å². The van der Waals surface area contributed by atoms with E-state index >= 15 is 0 Å². The molecule has 2 fully saturated rings. The van der Waals surface area contributed by atoms with Crippen LogP contribution in [0.5, 0.6) is 0 Å². The number of pyridine rings is 2. The molecule has 0 atom stereocenters. The summed E-state index contributed by atoms with van der Waals surface area (Å²) in [6, 6.07) is 8.11. The Morgan fingerprint density at radius 1 is 0.667 bits per heavy atom. The lowest BCUT2D eigenvalue weighted by molar-refractivity contribution is 0.0667. The van der Waals surface area contributed by atoms with Crippen LogP contribution in [0.3, 0.4) is 0 Å². The molecule has 18 nitrogen and oxygen atoms in total. The van der Waals surface area contributed by atoms with Crippen molar-refractivity contribution >= 4 is 61.4 Å². The van der Waals surface area contributed by atoms with Crippen LogP contribution in [0.25, 0.3) is 45.1 Å². The summed E-state index contributed by atoms with van der Waals surface area (Å²) < 4.78 is 58.9. The van der Waals surface area contributed by atoms with E-state index in [1.54, 1.807) is 70.2 Å². The van der Waals surface area contributed by atoms with Crippen LogP contribution in [0, 0.1) is 11.6 Å². The summed E-state index contributed by atoms with van der Waals surface area (Å²) in [6.07, 6.45) is 14.0. The summed E-state index contributed by atoms with van der Waals surface area (Å²) in [5.41, 5.74) is 4.03. The second kappa shape index (κ2) is 21.6. The molecule has 0 N–H and O–H groups in total. The molecule has 0 aromatic carbocycles. The molecule has 0 aliphatic carbocycles. The third kappa shape index (κ3) is 12.1. The van der Waals surface area contributed by atoms with Crippen molar-refractivity contribution in [2.24, 2.45) is 0 Å². The van der Waals surface area contributed by atoms with Crippen molar-refractivity contribution in [3.05, 3.63) is 106 Å². The van der Waals surface area contributed by atoms with Gasteiger partial charge in [-0.05, 0) is 73.6 Å². The highest BCUT2D eigenvalue weighted by Crippen LogP contribution is 2.27. The van der Waals surface area contributed by atoms with Gasteiger partial charge in [-0.15, -0.1) is 0 Å². The predicted molar refractivity (Wildman–Crippen MR) is 264 cm³/mol. The van der Waals surface area contributed by atoms with Gasteiger partial charge < -0.3 is 23.3 Å². The Bertz CT molecular complexity index is 3150. The molecule has 0 amide bonds. The first-order chi connectivity index (χ1) is 33.0. The fourth-order valence-electron chi connectivity index (χ4n) is 8.09. The van der Waals surface area contributed by atoms with Gasteiger partial charge in [0.2, 0.25) is 5.28 Å². The molecule has 69 heavy (non-hydrogen) atoms. The summed E-state index contributed by atoms with van der Waals surface area (Å²) in [5, 5.41) is 0.144.